The van der Waals surface area contributed by atoms with Crippen LogP contribution in [0.2, 0.25) is 0 Å². The molecule has 0 aromatic heterocycles. The van der Waals surface area contributed by atoms with Gasteiger partial charge in [0.05, 0.1) is 18.2 Å². The molecule has 3 heteroatoms. The maximum atomic E-state index is 6.02. The second kappa shape index (κ2) is 6.80. The van der Waals surface area contributed by atoms with Crippen LogP contribution in [0.1, 0.15) is 52.1 Å². The minimum Gasteiger partial charge on any atom is -0.490 e. The Bertz CT molecular complexity index is 432. The first-order chi connectivity index (χ1) is 9.95. The third-order valence-corrected chi connectivity index (χ3v) is 3.88. The third-order valence-electron chi connectivity index (χ3n) is 3.88. The third kappa shape index (κ3) is 4.45. The van der Waals surface area contributed by atoms with Gasteiger partial charge in [-0.15, -0.1) is 0 Å². The number of benzene rings is 1. The van der Waals surface area contributed by atoms with Gasteiger partial charge in [0.1, 0.15) is 5.75 Å². The molecule has 1 N–H and O–H groups in total. The van der Waals surface area contributed by atoms with E-state index in [0.717, 1.165) is 12.4 Å². The lowest BCUT2D eigenvalue weighted by molar-refractivity contribution is -0.0350. The normalized spacial score (nSPS) is 18.3. The Balaban J connectivity index is 2.14. The van der Waals surface area contributed by atoms with Crippen molar-refractivity contribution in [1.29, 1.82) is 0 Å². The second-order valence-electron chi connectivity index (χ2n) is 6.89. The maximum absolute atomic E-state index is 6.02. The first kappa shape index (κ1) is 16.3. The topological polar surface area (TPSA) is 30.5 Å². The van der Waals surface area contributed by atoms with Crippen molar-refractivity contribution >= 4 is 0 Å². The van der Waals surface area contributed by atoms with E-state index in [2.05, 4.69) is 57.3 Å². The Hall–Kier alpha value is -1.06. The Labute approximate surface area is 129 Å². The van der Waals surface area contributed by atoms with Gasteiger partial charge in [-0.3, -0.25) is 0 Å². The van der Waals surface area contributed by atoms with Gasteiger partial charge in [-0.05, 0) is 49.9 Å². The smallest absolute Gasteiger partial charge is 0.119 e. The molecule has 0 spiro atoms. The average Bonchev–Trinajstić information content (AvgIpc) is 3.23. The molecule has 2 atom stereocenters. The average molecular weight is 291 g/mol. The molecule has 1 aliphatic rings. The lowest BCUT2D eigenvalue weighted by Gasteiger charge is -2.37. The van der Waals surface area contributed by atoms with E-state index >= 15 is 0 Å². The summed E-state index contributed by atoms with van der Waals surface area (Å²) in [5, 5.41) is 3.42. The summed E-state index contributed by atoms with van der Waals surface area (Å²) in [4.78, 5) is 0. The summed E-state index contributed by atoms with van der Waals surface area (Å²) in [6.07, 6.45) is 2.96. The number of hydrogen-bond donors (Lipinski definition) is 1. The van der Waals surface area contributed by atoms with Crippen molar-refractivity contribution in [2.75, 3.05) is 13.7 Å². The molecule has 0 bridgehead atoms. The first-order valence-corrected chi connectivity index (χ1v) is 8.01. The number of rotatable bonds is 7. The molecule has 1 fully saturated rings. The Morgan fingerprint density at radius 1 is 1.19 bits per heavy atom. The first-order valence-electron chi connectivity index (χ1n) is 8.01. The molecule has 1 aromatic rings. The van der Waals surface area contributed by atoms with Crippen molar-refractivity contribution in [1.82, 2.24) is 5.32 Å². The molecule has 1 aromatic carbocycles. The number of ether oxygens (including phenoxy) is 2. The largest absolute Gasteiger partial charge is 0.490 e. The van der Waals surface area contributed by atoms with Crippen molar-refractivity contribution in [3.63, 3.8) is 0 Å². The molecule has 0 radical (unpaired) electrons. The van der Waals surface area contributed by atoms with E-state index in [9.17, 15) is 0 Å². The summed E-state index contributed by atoms with van der Waals surface area (Å²) in [6.45, 7) is 9.45. The molecule has 0 heterocycles. The van der Waals surface area contributed by atoms with Crippen molar-refractivity contribution < 1.29 is 9.47 Å². The van der Waals surface area contributed by atoms with Crippen LogP contribution in [-0.4, -0.2) is 25.9 Å². The molecular formula is C18H29NO2. The molecular weight excluding hydrogens is 262 g/mol. The maximum Gasteiger partial charge on any atom is 0.119 e. The van der Waals surface area contributed by atoms with Crippen LogP contribution >= 0.6 is 0 Å². The Kier molecular flexibility index (Phi) is 5.28. The zero-order valence-electron chi connectivity index (χ0n) is 14.0. The lowest BCUT2D eigenvalue weighted by atomic mass is 9.82. The molecule has 2 unspecified atom stereocenters. The van der Waals surface area contributed by atoms with Gasteiger partial charge in [0, 0.05) is 6.61 Å². The van der Waals surface area contributed by atoms with E-state index in [4.69, 9.17) is 9.47 Å². The van der Waals surface area contributed by atoms with Gasteiger partial charge < -0.3 is 14.8 Å². The second-order valence-corrected chi connectivity index (χ2v) is 6.89. The van der Waals surface area contributed by atoms with Crippen LogP contribution in [0.15, 0.2) is 24.3 Å². The molecule has 0 aliphatic heterocycles. The highest BCUT2D eigenvalue weighted by Gasteiger charge is 2.33. The summed E-state index contributed by atoms with van der Waals surface area (Å²) in [6, 6.07) is 8.63. The highest BCUT2D eigenvalue weighted by Crippen LogP contribution is 2.34. The van der Waals surface area contributed by atoms with Gasteiger partial charge in [-0.2, -0.15) is 0 Å². The van der Waals surface area contributed by atoms with Gasteiger partial charge >= 0.3 is 0 Å². The van der Waals surface area contributed by atoms with Crippen LogP contribution in [0.25, 0.3) is 0 Å². The van der Waals surface area contributed by atoms with E-state index in [1.165, 1.54) is 18.4 Å². The molecule has 21 heavy (non-hydrogen) atoms. The summed E-state index contributed by atoms with van der Waals surface area (Å²) < 4.78 is 11.8. The molecule has 1 aliphatic carbocycles. The van der Waals surface area contributed by atoms with Crippen LogP contribution in [-0.2, 0) is 4.74 Å². The number of likely N-dealkylation sites (N-methyl/N-ethyl adjacent to an activating group) is 1. The monoisotopic (exact) mass is 291 g/mol. The van der Waals surface area contributed by atoms with Crippen molar-refractivity contribution in [2.45, 2.75) is 58.8 Å². The molecule has 0 saturated heterocycles. The predicted octanol–water partition coefficient (Wildman–Crippen LogP) is 3.94. The lowest BCUT2D eigenvalue weighted by Crippen LogP contribution is -2.41. The van der Waals surface area contributed by atoms with Crippen LogP contribution in [0, 0.1) is 5.41 Å². The van der Waals surface area contributed by atoms with Gasteiger partial charge in [-0.1, -0.05) is 32.9 Å². The van der Waals surface area contributed by atoms with Gasteiger partial charge in [0.25, 0.3) is 0 Å². The van der Waals surface area contributed by atoms with Crippen molar-refractivity contribution in [2.24, 2.45) is 5.41 Å². The number of hydrogen-bond acceptors (Lipinski definition) is 3. The molecule has 2 rings (SSSR count). The minimum atomic E-state index is 0.0763. The van der Waals surface area contributed by atoms with Crippen molar-refractivity contribution in [3.8, 4) is 5.75 Å². The SMILES string of the molecule is CCOC(C(NC)c1ccc(OC2CC2)cc1)C(C)(C)C. The Morgan fingerprint density at radius 3 is 2.24 bits per heavy atom. The zero-order chi connectivity index (χ0) is 15.5. The van der Waals surface area contributed by atoms with E-state index < -0.39 is 0 Å². The molecule has 118 valence electrons. The standard InChI is InChI=1S/C18H29NO2/c1-6-20-17(18(2,3)4)16(19-5)13-7-9-14(10-8-13)21-15-11-12-15/h7-10,15-17,19H,6,11-12H2,1-5H3. The van der Waals surface area contributed by atoms with Crippen LogP contribution < -0.4 is 10.1 Å². The highest BCUT2D eigenvalue weighted by molar-refractivity contribution is 5.30. The highest BCUT2D eigenvalue weighted by atomic mass is 16.5. The fourth-order valence-electron chi connectivity index (χ4n) is 2.65. The fraction of sp³-hybridized carbons (Fsp3) is 0.667. The Morgan fingerprint density at radius 2 is 1.81 bits per heavy atom. The summed E-state index contributed by atoms with van der Waals surface area (Å²) >= 11 is 0. The van der Waals surface area contributed by atoms with Crippen LogP contribution in [0.5, 0.6) is 5.75 Å². The van der Waals surface area contributed by atoms with Crippen molar-refractivity contribution in [3.05, 3.63) is 29.8 Å². The van der Waals surface area contributed by atoms with Gasteiger partial charge in [0.2, 0.25) is 0 Å². The molecule has 0 amide bonds. The summed E-state index contributed by atoms with van der Waals surface area (Å²) in [7, 11) is 2.00. The number of nitrogens with one attached hydrogen (secondary N) is 1. The predicted molar refractivity (Wildman–Crippen MR) is 86.8 cm³/mol. The van der Waals surface area contributed by atoms with Gasteiger partial charge in [0.15, 0.2) is 0 Å². The van der Waals surface area contributed by atoms with Crippen LogP contribution in [0.4, 0.5) is 0 Å². The molecule has 3 nitrogen and oxygen atoms in total. The fourth-order valence-corrected chi connectivity index (χ4v) is 2.65. The zero-order valence-corrected chi connectivity index (χ0v) is 14.0. The van der Waals surface area contributed by atoms with E-state index in [0.29, 0.717) is 6.10 Å². The molecule has 1 saturated carbocycles. The quantitative estimate of drug-likeness (QED) is 0.825. The van der Waals surface area contributed by atoms with E-state index in [1.54, 1.807) is 0 Å². The van der Waals surface area contributed by atoms with Crippen LogP contribution in [0.3, 0.4) is 0 Å². The minimum absolute atomic E-state index is 0.0763. The van der Waals surface area contributed by atoms with E-state index in [-0.39, 0.29) is 17.6 Å². The summed E-state index contributed by atoms with van der Waals surface area (Å²) in [5.74, 6) is 0.972. The van der Waals surface area contributed by atoms with E-state index in [1.807, 2.05) is 7.05 Å². The van der Waals surface area contributed by atoms with Gasteiger partial charge in [-0.25, -0.2) is 0 Å². The summed E-state index contributed by atoms with van der Waals surface area (Å²) in [5.41, 5.74) is 1.32.